The number of unbranched alkanes of at least 4 members (excludes halogenated alkanes) is 1. The van der Waals surface area contributed by atoms with Gasteiger partial charge in [-0.2, -0.15) is 12.6 Å². The summed E-state index contributed by atoms with van der Waals surface area (Å²) in [4.78, 5) is 148. The Morgan fingerprint density at radius 1 is 0.643 bits per heavy atom. The van der Waals surface area contributed by atoms with E-state index in [1.54, 1.807) is 27.7 Å². The molecule has 0 spiro atoms. The lowest BCUT2D eigenvalue weighted by Gasteiger charge is -2.28. The number of aromatic nitrogens is 2. The molecule has 1 rings (SSSR count). The number of imidazole rings is 1. The van der Waals surface area contributed by atoms with Crippen molar-refractivity contribution in [2.45, 2.75) is 147 Å². The second-order valence-electron chi connectivity index (χ2n) is 17.4. The van der Waals surface area contributed by atoms with Crippen molar-refractivity contribution >= 4 is 77.8 Å². The van der Waals surface area contributed by atoms with Gasteiger partial charge in [-0.25, -0.2) is 9.78 Å². The molecule has 27 nitrogen and oxygen atoms in total. The molecule has 0 fully saturated rings. The number of nitrogens with one attached hydrogen (secondary N) is 9. The number of aromatic amines is 1. The van der Waals surface area contributed by atoms with E-state index in [1.165, 1.54) is 12.5 Å². The lowest BCUT2D eigenvalue weighted by molar-refractivity contribution is -0.142. The van der Waals surface area contributed by atoms with Crippen LogP contribution < -0.4 is 54.0 Å². The molecule has 28 heteroatoms. The maximum atomic E-state index is 14.1. The molecule has 0 aliphatic carbocycles. The Bertz CT molecular complexity index is 1940. The number of hydrogen-bond acceptors (Lipinski definition) is 16. The van der Waals surface area contributed by atoms with Crippen LogP contribution in [0.3, 0.4) is 0 Å². The fraction of sp³-hybridized carbons (Fsp3) is 0.667. The number of aliphatic hydroxyl groups is 1. The average Bonchev–Trinajstić information content (AvgIpc) is 3.79. The highest BCUT2D eigenvalue weighted by atomic mass is 32.1. The second-order valence-corrected chi connectivity index (χ2v) is 17.7. The van der Waals surface area contributed by atoms with Crippen LogP contribution in [0, 0.1) is 11.8 Å². The molecular formula is C42H70N12O15S. The second kappa shape index (κ2) is 31.7. The highest BCUT2D eigenvalue weighted by Gasteiger charge is 2.36. The number of aliphatic carboxylic acids is 3. The van der Waals surface area contributed by atoms with Crippen LogP contribution in [0.1, 0.15) is 91.7 Å². The van der Waals surface area contributed by atoms with Crippen molar-refractivity contribution in [3.05, 3.63) is 18.2 Å². The number of carbonyl (C=O) groups excluding carboxylic acids is 8. The Morgan fingerprint density at radius 2 is 1.20 bits per heavy atom. The number of rotatable bonds is 34. The number of H-pyrrole nitrogens is 1. The number of nitrogens with zero attached hydrogens (tertiary/aromatic N) is 1. The van der Waals surface area contributed by atoms with Crippen LogP contribution in [0.5, 0.6) is 0 Å². The summed E-state index contributed by atoms with van der Waals surface area (Å²) < 4.78 is 0. The van der Waals surface area contributed by atoms with E-state index in [0.717, 1.165) is 6.92 Å². The van der Waals surface area contributed by atoms with Gasteiger partial charge in [0.1, 0.15) is 42.3 Å². The monoisotopic (exact) mass is 1010 g/mol. The van der Waals surface area contributed by atoms with Gasteiger partial charge in [0, 0.05) is 30.5 Å². The van der Waals surface area contributed by atoms with Crippen molar-refractivity contribution in [1.82, 2.24) is 52.5 Å². The summed E-state index contributed by atoms with van der Waals surface area (Å²) >= 11 is 4.09. The number of hydrogen-bond donors (Lipinski definition) is 16. The zero-order valence-electron chi connectivity index (χ0n) is 39.8. The van der Waals surface area contributed by atoms with Gasteiger partial charge in [0.25, 0.3) is 0 Å². The minimum absolute atomic E-state index is 0.0121. The maximum absolute atomic E-state index is 14.1. The van der Waals surface area contributed by atoms with E-state index in [-0.39, 0.29) is 37.5 Å². The van der Waals surface area contributed by atoms with Crippen molar-refractivity contribution in [3.8, 4) is 0 Å². The van der Waals surface area contributed by atoms with Crippen LogP contribution in [-0.2, 0) is 59.2 Å². The number of aliphatic hydroxyl groups excluding tert-OH is 1. The summed E-state index contributed by atoms with van der Waals surface area (Å²) in [5.41, 5.74) is 11.6. The van der Waals surface area contributed by atoms with Crippen LogP contribution in [0.2, 0.25) is 0 Å². The number of amides is 8. The highest BCUT2D eigenvalue weighted by molar-refractivity contribution is 7.80. The quantitative estimate of drug-likeness (QED) is 0.0230. The predicted molar refractivity (Wildman–Crippen MR) is 251 cm³/mol. The van der Waals surface area contributed by atoms with Crippen molar-refractivity contribution in [3.63, 3.8) is 0 Å². The molecule has 1 aromatic rings. The molecule has 0 aliphatic rings. The molecule has 17 N–H and O–H groups in total. The van der Waals surface area contributed by atoms with Gasteiger partial charge in [0.2, 0.25) is 47.3 Å². The molecule has 70 heavy (non-hydrogen) atoms. The van der Waals surface area contributed by atoms with Gasteiger partial charge in [-0.15, -0.1) is 0 Å². The standard InChI is InChI=1S/C42H70N12O15S/c1-20(2)12-24(44)35(61)50-29(15-33(59)60)39(65)53-30(18-70)40(66)54-34(22(5)55)41(67)52-28(14-23-16-45-19-47-23)38(64)51-27(13-21(3)4)37(63)49-25(9-10-32(57)58)36(62)46-17-31(56)48-26(42(68)69)8-6-7-11-43/h16,19-22,24-30,34,55,70H,6-15,17-18,43-44H2,1-5H3,(H,45,47)(H,46,62)(H,48,56)(H,49,63)(H,50,61)(H,51,64)(H,52,67)(H,53,65)(H,54,66)(H,57,58)(H,59,60)(H,68,69)/t22-,24+,25+,26+,27+,28+,29+,30+,34+/m1/s1. The zero-order chi connectivity index (χ0) is 53.2. The molecule has 9 atom stereocenters. The Kier molecular flexibility index (Phi) is 27.9. The summed E-state index contributed by atoms with van der Waals surface area (Å²) in [6, 6.07) is -12.0. The zero-order valence-corrected chi connectivity index (χ0v) is 40.7. The molecule has 0 aliphatic heterocycles. The number of thiol groups is 1. The van der Waals surface area contributed by atoms with Crippen LogP contribution in [0.15, 0.2) is 12.5 Å². The van der Waals surface area contributed by atoms with Gasteiger partial charge in [-0.3, -0.25) is 47.9 Å². The van der Waals surface area contributed by atoms with Crippen LogP contribution in [0.4, 0.5) is 0 Å². The Balaban J connectivity index is 3.33. The average molecular weight is 1020 g/mol. The minimum atomic E-state index is -1.82. The number of nitrogens with two attached hydrogens (primary N) is 2. The van der Waals surface area contributed by atoms with Crippen molar-refractivity contribution in [2.24, 2.45) is 23.3 Å². The van der Waals surface area contributed by atoms with Crippen LogP contribution in [-0.4, -0.2) is 169 Å². The summed E-state index contributed by atoms with van der Waals surface area (Å²) in [5.74, 6) is -12.8. The van der Waals surface area contributed by atoms with Crippen molar-refractivity contribution in [2.75, 3.05) is 18.8 Å². The summed E-state index contributed by atoms with van der Waals surface area (Å²) in [7, 11) is 0. The predicted octanol–water partition coefficient (Wildman–Crippen LogP) is -4.25. The van der Waals surface area contributed by atoms with Gasteiger partial charge in [0.15, 0.2) is 0 Å². The van der Waals surface area contributed by atoms with Gasteiger partial charge < -0.3 is 79.4 Å². The van der Waals surface area contributed by atoms with Crippen LogP contribution in [0.25, 0.3) is 0 Å². The Hall–Kier alpha value is -6.39. The number of carbonyl (C=O) groups is 11. The molecule has 0 saturated heterocycles. The first kappa shape index (κ1) is 61.6. The third-order valence-corrected chi connectivity index (χ3v) is 10.6. The van der Waals surface area contributed by atoms with Gasteiger partial charge in [-0.1, -0.05) is 27.7 Å². The maximum Gasteiger partial charge on any atom is 0.326 e. The molecule has 8 amide bonds. The lowest BCUT2D eigenvalue weighted by atomic mass is 10.0. The van der Waals surface area contributed by atoms with E-state index in [4.69, 9.17) is 11.5 Å². The molecule has 0 unspecified atom stereocenters. The fourth-order valence-electron chi connectivity index (χ4n) is 6.56. The smallest absolute Gasteiger partial charge is 0.326 e. The number of carboxylic acids is 3. The molecule has 1 aromatic heterocycles. The van der Waals surface area contributed by atoms with E-state index in [2.05, 4.69) is 65.1 Å². The summed E-state index contributed by atoms with van der Waals surface area (Å²) in [5, 5.41) is 57.6. The van der Waals surface area contributed by atoms with Crippen LogP contribution >= 0.6 is 12.6 Å². The molecule has 0 radical (unpaired) electrons. The topological polar surface area (TPSA) is 446 Å². The molecule has 394 valence electrons. The lowest BCUT2D eigenvalue weighted by Crippen LogP contribution is -2.62. The van der Waals surface area contributed by atoms with E-state index < -0.39 is 151 Å². The first-order valence-electron chi connectivity index (χ1n) is 22.6. The molecule has 1 heterocycles. The highest BCUT2D eigenvalue weighted by Crippen LogP contribution is 2.10. The summed E-state index contributed by atoms with van der Waals surface area (Å²) in [6.07, 6.45) is -0.218. The number of carboxylic acid groups (broad SMARTS) is 3. The van der Waals surface area contributed by atoms with E-state index >= 15 is 0 Å². The van der Waals surface area contributed by atoms with Crippen molar-refractivity contribution in [1.29, 1.82) is 0 Å². The van der Waals surface area contributed by atoms with E-state index in [0.29, 0.717) is 25.1 Å². The SMILES string of the molecule is CC(C)C[C@H](NC(=O)[C@H](Cc1cnc[nH]1)NC(=O)[C@@H](NC(=O)[C@H](CS)NC(=O)[C@H](CC(=O)O)NC(=O)[C@@H](N)CC(C)C)[C@@H](C)O)C(=O)N[C@@H](CCC(=O)O)C(=O)NCC(=O)N[C@@H](CCCCN)C(=O)O. The van der Waals surface area contributed by atoms with Crippen molar-refractivity contribution < 1.29 is 73.2 Å². The van der Waals surface area contributed by atoms with Gasteiger partial charge in [-0.05, 0) is 63.8 Å². The third-order valence-electron chi connectivity index (χ3n) is 10.2. The Labute approximate surface area is 409 Å². The Morgan fingerprint density at radius 3 is 1.73 bits per heavy atom. The molecular weight excluding hydrogens is 945 g/mol. The molecule has 0 aromatic carbocycles. The molecule has 0 bridgehead atoms. The van der Waals surface area contributed by atoms with E-state index in [9.17, 15) is 73.2 Å². The van der Waals surface area contributed by atoms with Gasteiger partial charge in [0.05, 0.1) is 31.4 Å². The van der Waals surface area contributed by atoms with Gasteiger partial charge >= 0.3 is 17.9 Å². The minimum Gasteiger partial charge on any atom is -0.481 e. The largest absolute Gasteiger partial charge is 0.481 e. The first-order chi connectivity index (χ1) is 32.8. The molecule has 0 saturated carbocycles. The third kappa shape index (κ3) is 23.8. The fourth-order valence-corrected chi connectivity index (χ4v) is 6.82. The normalized spacial score (nSPS) is 15.0. The summed E-state index contributed by atoms with van der Waals surface area (Å²) in [6.45, 7) is 7.69. The van der Waals surface area contributed by atoms with E-state index in [1.807, 2.05) is 0 Å². The first-order valence-corrected chi connectivity index (χ1v) is 23.2.